The molecule has 6 heteroatoms. The molecule has 0 amide bonds. The average Bonchev–Trinajstić information content (AvgIpc) is 2.50. The molecule has 0 aliphatic carbocycles. The number of guanidine groups is 1. The molecule has 0 bridgehead atoms. The van der Waals surface area contributed by atoms with Gasteiger partial charge in [0.15, 0.2) is 17.5 Å². The van der Waals surface area contributed by atoms with Crippen LogP contribution in [0.15, 0.2) is 23.2 Å². The van der Waals surface area contributed by atoms with Gasteiger partial charge in [0.2, 0.25) is 0 Å². The lowest BCUT2D eigenvalue weighted by atomic mass is 10.2. The molecule has 0 saturated heterocycles. The molecular weight excluding hydrogens is 286 g/mol. The molecule has 0 saturated carbocycles. The number of thioether (sulfide) groups is 1. The Morgan fingerprint density at radius 1 is 1.29 bits per heavy atom. The molecule has 0 aliphatic rings. The molecular formula is C15H25N3O2S. The van der Waals surface area contributed by atoms with Crippen LogP contribution in [0.25, 0.3) is 0 Å². The first kappa shape index (κ1) is 17.5. The molecule has 1 aromatic carbocycles. The molecule has 0 aliphatic heterocycles. The lowest BCUT2D eigenvalue weighted by Crippen LogP contribution is -2.40. The van der Waals surface area contributed by atoms with Crippen LogP contribution < -0.4 is 20.5 Å². The predicted octanol–water partition coefficient (Wildman–Crippen LogP) is 2.25. The van der Waals surface area contributed by atoms with Crippen LogP contribution in [0.1, 0.15) is 19.4 Å². The van der Waals surface area contributed by atoms with Crippen molar-refractivity contribution in [3.05, 3.63) is 23.8 Å². The van der Waals surface area contributed by atoms with Gasteiger partial charge in [0.25, 0.3) is 0 Å². The first-order valence-electron chi connectivity index (χ1n) is 6.71. The van der Waals surface area contributed by atoms with Crippen molar-refractivity contribution in [2.24, 2.45) is 10.7 Å². The summed E-state index contributed by atoms with van der Waals surface area (Å²) in [4.78, 5) is 4.34. The molecule has 0 spiro atoms. The Balaban J connectivity index is 2.63. The second kappa shape index (κ2) is 8.02. The highest BCUT2D eigenvalue weighted by atomic mass is 32.2. The first-order valence-corrected chi connectivity index (χ1v) is 7.94. The Kier molecular flexibility index (Phi) is 6.68. The Hall–Kier alpha value is -1.56. The van der Waals surface area contributed by atoms with E-state index in [4.69, 9.17) is 15.2 Å². The molecule has 0 heterocycles. The number of nitrogens with one attached hydrogen (secondary N) is 1. The van der Waals surface area contributed by atoms with Gasteiger partial charge < -0.3 is 20.5 Å². The summed E-state index contributed by atoms with van der Waals surface area (Å²) in [7, 11) is 3.23. The maximum Gasteiger partial charge on any atom is 0.188 e. The number of hydrogen-bond donors (Lipinski definition) is 2. The summed E-state index contributed by atoms with van der Waals surface area (Å²) in [6.45, 7) is 5.59. The van der Waals surface area contributed by atoms with Crippen LogP contribution in [0.2, 0.25) is 0 Å². The van der Waals surface area contributed by atoms with Gasteiger partial charge in [-0.15, -0.1) is 0 Å². The second-order valence-electron chi connectivity index (χ2n) is 5.21. The summed E-state index contributed by atoms with van der Waals surface area (Å²) in [5.41, 5.74) is 6.90. The van der Waals surface area contributed by atoms with Crippen molar-refractivity contribution < 1.29 is 9.47 Å². The summed E-state index contributed by atoms with van der Waals surface area (Å²) in [6, 6.07) is 5.72. The van der Waals surface area contributed by atoms with Crippen molar-refractivity contribution >= 4 is 17.7 Å². The van der Waals surface area contributed by atoms with Crippen LogP contribution in [0.3, 0.4) is 0 Å². The van der Waals surface area contributed by atoms with E-state index < -0.39 is 0 Å². The zero-order chi connectivity index (χ0) is 15.9. The number of methoxy groups -OCH3 is 2. The topological polar surface area (TPSA) is 68.9 Å². The molecule has 0 aromatic heterocycles. The van der Waals surface area contributed by atoms with Gasteiger partial charge in [-0.05, 0) is 37.8 Å². The van der Waals surface area contributed by atoms with E-state index in [1.165, 1.54) is 0 Å². The van der Waals surface area contributed by atoms with Gasteiger partial charge in [0, 0.05) is 11.3 Å². The van der Waals surface area contributed by atoms with E-state index >= 15 is 0 Å². The molecule has 5 nitrogen and oxygen atoms in total. The largest absolute Gasteiger partial charge is 0.493 e. The van der Waals surface area contributed by atoms with Gasteiger partial charge in [0.1, 0.15) is 0 Å². The molecule has 0 unspecified atom stereocenters. The summed E-state index contributed by atoms with van der Waals surface area (Å²) in [5.74, 6) is 1.85. The minimum Gasteiger partial charge on any atom is -0.493 e. The van der Waals surface area contributed by atoms with Crippen LogP contribution in [0, 0.1) is 0 Å². The quantitative estimate of drug-likeness (QED) is 0.597. The number of ether oxygens (including phenoxy) is 2. The second-order valence-corrected chi connectivity index (χ2v) is 6.72. The third-order valence-corrected chi connectivity index (χ3v) is 4.38. The van der Waals surface area contributed by atoms with E-state index in [1.807, 2.05) is 18.2 Å². The first-order chi connectivity index (χ1) is 9.91. The highest BCUT2D eigenvalue weighted by Gasteiger charge is 2.15. The Bertz CT molecular complexity index is 490. The van der Waals surface area contributed by atoms with Crippen molar-refractivity contribution in [1.29, 1.82) is 0 Å². The SMILES string of the molecule is COc1ccc(CN=C(N)NCC(C)(C)SC)cc1OC. The molecule has 1 rings (SSSR count). The zero-order valence-corrected chi connectivity index (χ0v) is 14.2. The van der Waals surface area contributed by atoms with E-state index in [1.54, 1.807) is 26.0 Å². The van der Waals surface area contributed by atoms with Crippen molar-refractivity contribution in [3.63, 3.8) is 0 Å². The van der Waals surface area contributed by atoms with Crippen LogP contribution >= 0.6 is 11.8 Å². The van der Waals surface area contributed by atoms with Gasteiger partial charge >= 0.3 is 0 Å². The van der Waals surface area contributed by atoms with E-state index in [2.05, 4.69) is 30.4 Å². The highest BCUT2D eigenvalue weighted by molar-refractivity contribution is 7.99. The number of aliphatic imine (C=N–C) groups is 1. The third-order valence-electron chi connectivity index (χ3n) is 3.13. The number of rotatable bonds is 7. The van der Waals surface area contributed by atoms with Crippen LogP contribution in [-0.4, -0.2) is 37.7 Å². The lowest BCUT2D eigenvalue weighted by Gasteiger charge is -2.22. The fourth-order valence-electron chi connectivity index (χ4n) is 1.59. The van der Waals surface area contributed by atoms with Gasteiger partial charge in [-0.3, -0.25) is 0 Å². The minimum atomic E-state index is 0.128. The number of nitrogens with two attached hydrogens (primary N) is 1. The van der Waals surface area contributed by atoms with Crippen LogP contribution in [-0.2, 0) is 6.54 Å². The van der Waals surface area contributed by atoms with E-state index in [0.29, 0.717) is 24.0 Å². The Labute approximate surface area is 131 Å². The Morgan fingerprint density at radius 2 is 1.95 bits per heavy atom. The number of nitrogens with zero attached hydrogens (tertiary/aromatic N) is 1. The van der Waals surface area contributed by atoms with Crippen molar-refractivity contribution in [2.45, 2.75) is 25.1 Å². The normalized spacial score (nSPS) is 12.1. The fourth-order valence-corrected chi connectivity index (χ4v) is 1.80. The highest BCUT2D eigenvalue weighted by Crippen LogP contribution is 2.27. The van der Waals surface area contributed by atoms with Crippen molar-refractivity contribution in [2.75, 3.05) is 27.0 Å². The smallest absolute Gasteiger partial charge is 0.188 e. The van der Waals surface area contributed by atoms with E-state index in [9.17, 15) is 0 Å². The third kappa shape index (κ3) is 5.75. The lowest BCUT2D eigenvalue weighted by molar-refractivity contribution is 0.354. The molecule has 3 N–H and O–H groups in total. The minimum absolute atomic E-state index is 0.128. The molecule has 118 valence electrons. The standard InChI is InChI=1S/C15H25N3O2S/c1-15(2,21-5)10-18-14(16)17-9-11-6-7-12(19-3)13(8-11)20-4/h6-8H,9-10H2,1-5H3,(H3,16,17,18). The summed E-state index contributed by atoms with van der Waals surface area (Å²) in [6.07, 6.45) is 2.08. The molecule has 1 aromatic rings. The van der Waals surface area contributed by atoms with Crippen molar-refractivity contribution in [3.8, 4) is 11.5 Å². The summed E-state index contributed by atoms with van der Waals surface area (Å²) >= 11 is 1.79. The van der Waals surface area contributed by atoms with Gasteiger partial charge in [-0.2, -0.15) is 11.8 Å². The number of benzene rings is 1. The summed E-state index contributed by atoms with van der Waals surface area (Å²) < 4.78 is 10.6. The monoisotopic (exact) mass is 311 g/mol. The molecule has 0 fully saturated rings. The van der Waals surface area contributed by atoms with Gasteiger partial charge in [-0.1, -0.05) is 6.07 Å². The van der Waals surface area contributed by atoms with Gasteiger partial charge in [-0.25, -0.2) is 4.99 Å². The zero-order valence-electron chi connectivity index (χ0n) is 13.4. The maximum atomic E-state index is 5.88. The fraction of sp³-hybridized carbons (Fsp3) is 0.533. The van der Waals surface area contributed by atoms with Crippen LogP contribution in [0.4, 0.5) is 0 Å². The summed E-state index contributed by atoms with van der Waals surface area (Å²) in [5, 5.41) is 3.15. The Morgan fingerprint density at radius 3 is 2.52 bits per heavy atom. The predicted molar refractivity (Wildman–Crippen MR) is 90.5 cm³/mol. The number of hydrogen-bond acceptors (Lipinski definition) is 4. The average molecular weight is 311 g/mol. The van der Waals surface area contributed by atoms with Crippen molar-refractivity contribution in [1.82, 2.24) is 5.32 Å². The van der Waals surface area contributed by atoms with Crippen LogP contribution in [0.5, 0.6) is 11.5 Å². The van der Waals surface area contributed by atoms with E-state index in [-0.39, 0.29) is 4.75 Å². The molecule has 0 radical (unpaired) electrons. The molecule has 21 heavy (non-hydrogen) atoms. The molecule has 0 atom stereocenters. The van der Waals surface area contributed by atoms with Gasteiger partial charge in [0.05, 0.1) is 20.8 Å². The maximum absolute atomic E-state index is 5.88. The van der Waals surface area contributed by atoms with E-state index in [0.717, 1.165) is 12.1 Å².